The Morgan fingerprint density at radius 1 is 1.03 bits per heavy atom. The number of hydrogen-bond acceptors (Lipinski definition) is 4. The van der Waals surface area contributed by atoms with E-state index in [1.165, 1.54) is 48.8 Å². The van der Waals surface area contributed by atoms with Crippen molar-refractivity contribution in [1.82, 2.24) is 14.3 Å². The van der Waals surface area contributed by atoms with Gasteiger partial charge in [0.2, 0.25) is 0 Å². The quantitative estimate of drug-likeness (QED) is 0.602. The molecule has 0 fully saturated rings. The normalized spacial score (nSPS) is 12.7. The van der Waals surface area contributed by atoms with Crippen LogP contribution in [-0.2, 0) is 15.4 Å². The zero-order valence-electron chi connectivity index (χ0n) is 15.2. The molecule has 3 aromatic rings. The Bertz CT molecular complexity index is 1130. The van der Waals surface area contributed by atoms with Crippen LogP contribution in [0.1, 0.15) is 5.56 Å². The summed E-state index contributed by atoms with van der Waals surface area (Å²) in [6, 6.07) is 9.79. The molecule has 1 aromatic carbocycles. The molecule has 12 heteroatoms. The highest BCUT2D eigenvalue weighted by Crippen LogP contribution is 2.31. The first-order valence-electron chi connectivity index (χ1n) is 8.29. The van der Waals surface area contributed by atoms with Crippen LogP contribution < -0.4 is 5.32 Å². The van der Waals surface area contributed by atoms with Gasteiger partial charge in [0.15, 0.2) is 0 Å². The summed E-state index contributed by atoms with van der Waals surface area (Å²) in [5, 5.41) is -1.49. The average molecular weight is 394 g/mol. The predicted molar refractivity (Wildman–Crippen MR) is 113 cm³/mol. The molecule has 0 spiro atoms. The van der Waals surface area contributed by atoms with Gasteiger partial charge in [-0.3, -0.25) is 4.98 Å². The fourth-order valence-corrected chi connectivity index (χ4v) is 4.11. The van der Waals surface area contributed by atoms with Gasteiger partial charge >= 0.3 is 0 Å². The number of hydrogen-bond donors (Lipinski definition) is 1. The van der Waals surface area contributed by atoms with E-state index in [-0.39, 0.29) is 21.7 Å². The van der Waals surface area contributed by atoms with Crippen molar-refractivity contribution >= 4 is 49.3 Å². The molecule has 2 heterocycles. The predicted octanol–water partition coefficient (Wildman–Crippen LogP) is 0.0799. The Morgan fingerprint density at radius 2 is 1.72 bits per heavy atom. The third-order valence-corrected chi connectivity index (χ3v) is 5.69. The summed E-state index contributed by atoms with van der Waals surface area (Å²) < 4.78 is 41.7. The average Bonchev–Trinajstić information content (AvgIpc) is 3.08. The fourth-order valence-electron chi connectivity index (χ4n) is 2.78. The Labute approximate surface area is 175 Å². The van der Waals surface area contributed by atoms with E-state index in [1.54, 1.807) is 6.07 Å². The van der Waals surface area contributed by atoms with Gasteiger partial charge in [0.1, 0.15) is 10.7 Å². The molecule has 0 aliphatic heterocycles. The van der Waals surface area contributed by atoms with Crippen LogP contribution in [0.5, 0.6) is 0 Å². The summed E-state index contributed by atoms with van der Waals surface area (Å²) in [6.07, 6.45) is 3.74. The van der Waals surface area contributed by atoms with Gasteiger partial charge in [-0.05, 0) is 41.2 Å². The molecule has 29 heavy (non-hydrogen) atoms. The minimum Gasteiger partial charge on any atom is -0.343 e. The maximum Gasteiger partial charge on any atom is 0.269 e. The fraction of sp³-hybridized carbons (Fsp3) is 0.118. The minimum absolute atomic E-state index is 0.0132. The molecular formula is C17H11B5FN3O2S. The number of halogens is 1. The topological polar surface area (TPSA) is 64.0 Å². The summed E-state index contributed by atoms with van der Waals surface area (Å²) in [5.74, 6) is -0.641. The first-order valence-corrected chi connectivity index (χ1v) is 9.73. The van der Waals surface area contributed by atoms with Crippen LogP contribution in [0.15, 0.2) is 66.0 Å². The first-order chi connectivity index (χ1) is 13.4. The van der Waals surface area contributed by atoms with Crippen LogP contribution in [0.4, 0.5) is 4.39 Å². The van der Waals surface area contributed by atoms with E-state index in [2.05, 4.69) is 10.3 Å². The molecule has 2 aromatic heterocycles. The summed E-state index contributed by atoms with van der Waals surface area (Å²) in [4.78, 5) is 3.71. The lowest BCUT2D eigenvalue weighted by Gasteiger charge is -2.37. The zero-order valence-corrected chi connectivity index (χ0v) is 16.0. The Kier molecular flexibility index (Phi) is 5.62. The first kappa shape index (κ1) is 21.5. The maximum absolute atomic E-state index is 14.5. The van der Waals surface area contributed by atoms with Gasteiger partial charge in [0.25, 0.3) is 10.0 Å². The van der Waals surface area contributed by atoms with E-state index in [9.17, 15) is 12.8 Å². The van der Waals surface area contributed by atoms with E-state index < -0.39 is 26.4 Å². The molecule has 0 saturated carbocycles. The molecule has 0 aliphatic rings. The second-order valence-corrected chi connectivity index (χ2v) is 8.33. The molecule has 3 rings (SSSR count). The van der Waals surface area contributed by atoms with Crippen LogP contribution in [0.25, 0.3) is 11.3 Å². The van der Waals surface area contributed by atoms with Crippen molar-refractivity contribution in [2.45, 2.75) is 15.5 Å². The lowest BCUT2D eigenvalue weighted by atomic mass is 9.45. The second kappa shape index (κ2) is 7.57. The van der Waals surface area contributed by atoms with Crippen molar-refractivity contribution in [3.63, 3.8) is 0 Å². The molecule has 0 saturated heterocycles. The van der Waals surface area contributed by atoms with E-state index in [0.717, 1.165) is 10.2 Å². The largest absolute Gasteiger partial charge is 0.343 e. The molecule has 0 bridgehead atoms. The smallest absolute Gasteiger partial charge is 0.269 e. The third kappa shape index (κ3) is 4.54. The monoisotopic (exact) mass is 395 g/mol. The van der Waals surface area contributed by atoms with Gasteiger partial charge in [0, 0.05) is 24.2 Å². The number of nitrogens with one attached hydrogen (secondary N) is 1. The second-order valence-electron chi connectivity index (χ2n) is 6.51. The van der Waals surface area contributed by atoms with Gasteiger partial charge in [-0.2, -0.15) is 0 Å². The van der Waals surface area contributed by atoms with E-state index in [0.29, 0.717) is 0 Å². The van der Waals surface area contributed by atoms with Crippen molar-refractivity contribution in [1.29, 1.82) is 0 Å². The molecule has 134 valence electrons. The molecule has 10 radical (unpaired) electrons. The van der Waals surface area contributed by atoms with Crippen molar-refractivity contribution in [2.24, 2.45) is 0 Å². The highest BCUT2D eigenvalue weighted by molar-refractivity contribution is 7.90. The van der Waals surface area contributed by atoms with Crippen molar-refractivity contribution < 1.29 is 12.8 Å². The molecule has 1 N–H and O–H groups in total. The van der Waals surface area contributed by atoms with Gasteiger partial charge in [-0.15, -0.1) is 0 Å². The molecular weight excluding hydrogens is 383 g/mol. The standard InChI is InChI=1S/C17H11B5FN3O2S/c18-16(19,25-17(20,21)22)11-8-15(13-5-1-2-6-14(13)23)26(10-11)29(27,28)12-4-3-7-24-9-12/h1-10,25H. The van der Waals surface area contributed by atoms with Crippen LogP contribution >= 0.6 is 0 Å². The van der Waals surface area contributed by atoms with Crippen LogP contribution in [-0.4, -0.2) is 61.8 Å². The number of aromatic nitrogens is 2. The van der Waals surface area contributed by atoms with Gasteiger partial charge in [0.05, 0.1) is 44.9 Å². The van der Waals surface area contributed by atoms with Crippen LogP contribution in [0, 0.1) is 5.82 Å². The minimum atomic E-state index is -4.16. The summed E-state index contributed by atoms with van der Waals surface area (Å²) in [6.45, 7) is 0. The number of rotatable bonds is 6. The molecule has 0 amide bonds. The van der Waals surface area contributed by atoms with Gasteiger partial charge in [-0.25, -0.2) is 16.8 Å². The lowest BCUT2D eigenvalue weighted by molar-refractivity contribution is 0.586. The van der Waals surface area contributed by atoms with Crippen molar-refractivity contribution in [2.75, 3.05) is 0 Å². The van der Waals surface area contributed by atoms with Crippen LogP contribution in [0.3, 0.4) is 0 Å². The van der Waals surface area contributed by atoms with E-state index in [1.807, 2.05) is 0 Å². The Balaban J connectivity index is 2.25. The molecule has 0 atom stereocenters. The SMILES string of the molecule is [B]C([B])([B])NC([B])([B])c1cc(-c2ccccc2F)n(S(=O)(=O)c2cccnc2)c1. The van der Waals surface area contributed by atoms with Crippen molar-refractivity contribution in [3.05, 3.63) is 72.4 Å². The maximum atomic E-state index is 14.5. The highest BCUT2D eigenvalue weighted by Gasteiger charge is 2.30. The molecule has 0 unspecified atom stereocenters. The molecule has 0 aliphatic carbocycles. The number of nitrogens with zero attached hydrogens (tertiary/aromatic N) is 2. The van der Waals surface area contributed by atoms with Gasteiger partial charge in [-0.1, -0.05) is 17.4 Å². The Morgan fingerprint density at radius 3 is 2.31 bits per heavy atom. The van der Waals surface area contributed by atoms with Crippen molar-refractivity contribution in [3.8, 4) is 11.3 Å². The zero-order chi connectivity index (χ0) is 21.4. The summed E-state index contributed by atoms with van der Waals surface area (Å²) >= 11 is 0. The number of benzene rings is 1. The van der Waals surface area contributed by atoms with E-state index in [4.69, 9.17) is 39.2 Å². The lowest BCUT2D eigenvalue weighted by Crippen LogP contribution is -2.58. The van der Waals surface area contributed by atoms with Gasteiger partial charge < -0.3 is 5.32 Å². The Hall–Kier alpha value is -2.19. The number of pyridine rings is 1. The molecule has 5 nitrogen and oxygen atoms in total. The highest BCUT2D eigenvalue weighted by atomic mass is 32.2. The summed E-state index contributed by atoms with van der Waals surface area (Å²) in [5.41, 5.74) is 0.0520. The van der Waals surface area contributed by atoms with Crippen LogP contribution in [0.2, 0.25) is 0 Å². The summed E-state index contributed by atoms with van der Waals surface area (Å²) in [7, 11) is 24.4. The third-order valence-electron chi connectivity index (χ3n) is 4.03. The van der Waals surface area contributed by atoms with E-state index >= 15 is 0 Å².